The number of anilines is 1. The summed E-state index contributed by atoms with van der Waals surface area (Å²) in [7, 11) is 0. The van der Waals surface area contributed by atoms with Gasteiger partial charge in [0, 0.05) is 10.9 Å². The Morgan fingerprint density at radius 1 is 1.37 bits per heavy atom. The average molecular weight is 338 g/mol. The highest BCUT2D eigenvalue weighted by Gasteiger charge is 2.31. The Morgan fingerprint density at radius 2 is 2.00 bits per heavy atom. The van der Waals surface area contributed by atoms with Crippen LogP contribution in [-0.4, -0.2) is 5.91 Å². The van der Waals surface area contributed by atoms with Gasteiger partial charge < -0.3 is 5.32 Å². The molecule has 0 bridgehead atoms. The van der Waals surface area contributed by atoms with Gasteiger partial charge in [0.25, 0.3) is 0 Å². The van der Waals surface area contributed by atoms with Gasteiger partial charge in [0.2, 0.25) is 5.91 Å². The predicted molar refractivity (Wildman–Crippen MR) is 71.8 cm³/mol. The first-order valence-electron chi connectivity index (χ1n) is 5.86. The molecule has 1 amide bonds. The molecule has 0 radical (unpaired) electrons. The van der Waals surface area contributed by atoms with Crippen molar-refractivity contribution in [1.82, 2.24) is 0 Å². The van der Waals surface area contributed by atoms with Crippen LogP contribution in [0, 0.1) is 5.92 Å². The van der Waals surface area contributed by atoms with Crippen LogP contribution < -0.4 is 5.32 Å². The van der Waals surface area contributed by atoms with Gasteiger partial charge in [0.05, 0.1) is 11.3 Å². The number of halogens is 4. The van der Waals surface area contributed by atoms with Crippen molar-refractivity contribution in [3.8, 4) is 0 Å². The third-order valence-corrected chi connectivity index (χ3v) is 3.21. The molecule has 0 aliphatic rings. The van der Waals surface area contributed by atoms with Crippen molar-refractivity contribution < 1.29 is 18.0 Å². The summed E-state index contributed by atoms with van der Waals surface area (Å²) in [5.74, 6) is 0.0874. The van der Waals surface area contributed by atoms with Crippen molar-refractivity contribution in [3.63, 3.8) is 0 Å². The average Bonchev–Trinajstić information content (AvgIpc) is 2.28. The van der Waals surface area contributed by atoms with Gasteiger partial charge >= 0.3 is 6.18 Å². The van der Waals surface area contributed by atoms with Crippen molar-refractivity contribution >= 4 is 27.5 Å². The summed E-state index contributed by atoms with van der Waals surface area (Å²) in [5.41, 5.74) is -0.640. The number of carbonyl (C=O) groups is 1. The van der Waals surface area contributed by atoms with E-state index in [4.69, 9.17) is 0 Å². The largest absolute Gasteiger partial charge is 0.416 e. The maximum atomic E-state index is 12.6. The zero-order chi connectivity index (χ0) is 14.6. The number of alkyl halides is 3. The van der Waals surface area contributed by atoms with Crippen molar-refractivity contribution in [3.05, 3.63) is 28.2 Å². The van der Waals surface area contributed by atoms with E-state index in [-0.39, 0.29) is 11.6 Å². The van der Waals surface area contributed by atoms with Crippen molar-refractivity contribution in [2.45, 2.75) is 32.9 Å². The molecule has 0 saturated heterocycles. The molecule has 0 spiro atoms. The fraction of sp³-hybridized carbons (Fsp3) is 0.462. The zero-order valence-electron chi connectivity index (χ0n) is 10.6. The lowest BCUT2D eigenvalue weighted by Gasteiger charge is -2.12. The highest BCUT2D eigenvalue weighted by molar-refractivity contribution is 9.10. The van der Waals surface area contributed by atoms with E-state index in [2.05, 4.69) is 21.2 Å². The molecule has 1 rings (SSSR count). The summed E-state index contributed by atoms with van der Waals surface area (Å²) in [6.45, 7) is 3.96. The number of rotatable bonds is 4. The lowest BCUT2D eigenvalue weighted by molar-refractivity contribution is -0.137. The van der Waals surface area contributed by atoms with Gasteiger partial charge in [-0.2, -0.15) is 13.2 Å². The van der Waals surface area contributed by atoms with Crippen LogP contribution in [0.3, 0.4) is 0 Å². The van der Waals surface area contributed by atoms with E-state index in [0.29, 0.717) is 23.2 Å². The van der Waals surface area contributed by atoms with Crippen LogP contribution in [-0.2, 0) is 11.0 Å². The smallest absolute Gasteiger partial charge is 0.325 e. The Balaban J connectivity index is 2.80. The molecule has 2 nitrogen and oxygen atoms in total. The van der Waals surface area contributed by atoms with E-state index >= 15 is 0 Å². The maximum Gasteiger partial charge on any atom is 0.416 e. The molecule has 106 valence electrons. The molecule has 1 N–H and O–H groups in total. The third kappa shape index (κ3) is 5.22. The van der Waals surface area contributed by atoms with E-state index in [1.165, 1.54) is 6.07 Å². The second-order valence-electron chi connectivity index (χ2n) is 4.67. The SMILES string of the molecule is CC(C)CCC(=O)Nc1cc(C(F)(F)F)ccc1Br. The van der Waals surface area contributed by atoms with Crippen LogP contribution >= 0.6 is 15.9 Å². The summed E-state index contributed by atoms with van der Waals surface area (Å²) in [4.78, 5) is 11.6. The van der Waals surface area contributed by atoms with E-state index < -0.39 is 11.7 Å². The lowest BCUT2D eigenvalue weighted by atomic mass is 10.1. The molecule has 0 fully saturated rings. The van der Waals surface area contributed by atoms with Crippen molar-refractivity contribution in [1.29, 1.82) is 0 Å². The Morgan fingerprint density at radius 3 is 2.53 bits per heavy atom. The van der Waals surface area contributed by atoms with Gasteiger partial charge in [-0.15, -0.1) is 0 Å². The molecule has 1 aromatic rings. The van der Waals surface area contributed by atoms with E-state index in [9.17, 15) is 18.0 Å². The van der Waals surface area contributed by atoms with Crippen LogP contribution in [0.25, 0.3) is 0 Å². The second-order valence-corrected chi connectivity index (χ2v) is 5.53. The monoisotopic (exact) mass is 337 g/mol. The number of amides is 1. The number of hydrogen-bond donors (Lipinski definition) is 1. The Labute approximate surface area is 118 Å². The van der Waals surface area contributed by atoms with Gasteiger partial charge in [-0.25, -0.2) is 0 Å². The molecule has 6 heteroatoms. The third-order valence-electron chi connectivity index (χ3n) is 2.52. The van der Waals surface area contributed by atoms with Gasteiger partial charge in [-0.3, -0.25) is 4.79 Å². The minimum atomic E-state index is -4.42. The van der Waals surface area contributed by atoms with Crippen LogP contribution in [0.5, 0.6) is 0 Å². The van der Waals surface area contributed by atoms with Crippen LogP contribution in [0.1, 0.15) is 32.3 Å². The standard InChI is InChI=1S/C13H15BrF3NO/c1-8(2)3-6-12(19)18-11-7-9(13(15,16)17)4-5-10(11)14/h4-5,7-8H,3,6H2,1-2H3,(H,18,19). The number of nitrogens with one attached hydrogen (secondary N) is 1. The first kappa shape index (κ1) is 16.0. The first-order valence-corrected chi connectivity index (χ1v) is 6.66. The fourth-order valence-electron chi connectivity index (χ4n) is 1.43. The Kier molecular flexibility index (Phi) is 5.40. The molecule has 0 aliphatic carbocycles. The molecular weight excluding hydrogens is 323 g/mol. The van der Waals surface area contributed by atoms with Crippen LogP contribution in [0.2, 0.25) is 0 Å². The molecule has 0 unspecified atom stereocenters. The second kappa shape index (κ2) is 6.41. The molecule has 0 aromatic heterocycles. The molecule has 0 saturated carbocycles. The summed E-state index contributed by atoms with van der Waals surface area (Å²) >= 11 is 3.12. The van der Waals surface area contributed by atoms with E-state index in [0.717, 1.165) is 12.1 Å². The van der Waals surface area contributed by atoms with Crippen LogP contribution in [0.15, 0.2) is 22.7 Å². The number of hydrogen-bond acceptors (Lipinski definition) is 1. The fourth-order valence-corrected chi connectivity index (χ4v) is 1.78. The lowest BCUT2D eigenvalue weighted by Crippen LogP contribution is -2.14. The maximum absolute atomic E-state index is 12.6. The molecule has 0 atom stereocenters. The predicted octanol–water partition coefficient (Wildman–Crippen LogP) is 4.84. The summed E-state index contributed by atoms with van der Waals surface area (Å²) in [6.07, 6.45) is -3.43. The van der Waals surface area contributed by atoms with Gasteiger partial charge in [0.1, 0.15) is 0 Å². The van der Waals surface area contributed by atoms with Gasteiger partial charge in [0.15, 0.2) is 0 Å². The molecule has 0 heterocycles. The zero-order valence-corrected chi connectivity index (χ0v) is 12.2. The van der Waals surface area contributed by atoms with E-state index in [1.54, 1.807) is 0 Å². The van der Waals surface area contributed by atoms with Crippen LogP contribution in [0.4, 0.5) is 18.9 Å². The topological polar surface area (TPSA) is 29.1 Å². The van der Waals surface area contributed by atoms with Crippen molar-refractivity contribution in [2.75, 3.05) is 5.32 Å². The Bertz CT molecular complexity index is 458. The summed E-state index contributed by atoms with van der Waals surface area (Å²) in [5, 5.41) is 2.49. The normalized spacial score (nSPS) is 11.7. The summed E-state index contributed by atoms with van der Waals surface area (Å²) < 4.78 is 38.1. The molecule has 19 heavy (non-hydrogen) atoms. The van der Waals surface area contributed by atoms with Gasteiger partial charge in [-0.05, 0) is 46.5 Å². The quantitative estimate of drug-likeness (QED) is 0.836. The van der Waals surface area contributed by atoms with Crippen molar-refractivity contribution in [2.24, 2.45) is 5.92 Å². The highest BCUT2D eigenvalue weighted by Crippen LogP contribution is 2.34. The minimum Gasteiger partial charge on any atom is -0.325 e. The van der Waals surface area contributed by atoms with E-state index in [1.807, 2.05) is 13.8 Å². The Hall–Kier alpha value is -1.04. The minimum absolute atomic E-state index is 0.142. The summed E-state index contributed by atoms with van der Waals surface area (Å²) in [6, 6.07) is 3.17. The molecule has 1 aromatic carbocycles. The highest BCUT2D eigenvalue weighted by atomic mass is 79.9. The first-order chi connectivity index (χ1) is 8.70. The number of carbonyl (C=O) groups excluding carboxylic acids is 1. The number of benzene rings is 1. The molecular formula is C13H15BrF3NO. The van der Waals surface area contributed by atoms with Gasteiger partial charge in [-0.1, -0.05) is 13.8 Å². The molecule has 0 aliphatic heterocycles.